The van der Waals surface area contributed by atoms with E-state index in [0.29, 0.717) is 17.3 Å². The summed E-state index contributed by atoms with van der Waals surface area (Å²) in [6.07, 6.45) is 0. The van der Waals surface area contributed by atoms with E-state index in [1.807, 2.05) is 34.9 Å². The predicted molar refractivity (Wildman–Crippen MR) is 79.0 cm³/mol. The molecule has 0 saturated carbocycles. The van der Waals surface area contributed by atoms with Gasteiger partial charge in [-0.2, -0.15) is 5.26 Å². The first-order valence-electron chi connectivity index (χ1n) is 6.23. The van der Waals surface area contributed by atoms with E-state index >= 15 is 0 Å². The van der Waals surface area contributed by atoms with Crippen molar-refractivity contribution in [2.24, 2.45) is 5.92 Å². The lowest BCUT2D eigenvalue weighted by molar-refractivity contribution is 0.498. The molecular formula is C15H17N3S. The van der Waals surface area contributed by atoms with Crippen LogP contribution in [0.15, 0.2) is 46.3 Å². The van der Waals surface area contributed by atoms with Crippen LogP contribution in [-0.2, 0) is 6.54 Å². The quantitative estimate of drug-likeness (QED) is 0.921. The van der Waals surface area contributed by atoms with Crippen LogP contribution in [0.1, 0.15) is 19.5 Å². The first-order chi connectivity index (χ1) is 9.11. The van der Waals surface area contributed by atoms with Crippen molar-refractivity contribution in [2.45, 2.75) is 30.3 Å². The van der Waals surface area contributed by atoms with E-state index in [0.717, 1.165) is 16.5 Å². The number of anilines is 1. The maximum atomic E-state index is 9.20. The van der Waals surface area contributed by atoms with E-state index in [-0.39, 0.29) is 0 Å². The van der Waals surface area contributed by atoms with Crippen LogP contribution < -0.4 is 5.73 Å². The second-order valence-corrected chi connectivity index (χ2v) is 5.88. The number of hydrogen-bond acceptors (Lipinski definition) is 3. The van der Waals surface area contributed by atoms with Crippen molar-refractivity contribution in [3.8, 4) is 6.07 Å². The highest BCUT2D eigenvalue weighted by Crippen LogP contribution is 2.34. The lowest BCUT2D eigenvalue weighted by Gasteiger charge is -2.13. The minimum atomic E-state index is 0.467. The van der Waals surface area contributed by atoms with E-state index in [9.17, 15) is 5.26 Å². The van der Waals surface area contributed by atoms with Crippen LogP contribution >= 0.6 is 11.8 Å². The Bertz CT molecular complexity index is 594. The molecule has 0 amide bonds. The molecule has 0 aliphatic carbocycles. The topological polar surface area (TPSA) is 54.7 Å². The van der Waals surface area contributed by atoms with Gasteiger partial charge in [0.25, 0.3) is 0 Å². The van der Waals surface area contributed by atoms with Crippen molar-refractivity contribution in [1.29, 1.82) is 5.26 Å². The summed E-state index contributed by atoms with van der Waals surface area (Å²) in [4.78, 5) is 1.13. The Morgan fingerprint density at radius 2 is 2.00 bits per heavy atom. The van der Waals surface area contributed by atoms with Gasteiger partial charge < -0.3 is 10.3 Å². The van der Waals surface area contributed by atoms with Gasteiger partial charge in [-0.3, -0.25) is 0 Å². The molecule has 2 aromatic rings. The van der Waals surface area contributed by atoms with Gasteiger partial charge in [-0.15, -0.1) is 0 Å². The van der Waals surface area contributed by atoms with Crippen LogP contribution in [0.3, 0.4) is 0 Å². The molecule has 4 heteroatoms. The molecule has 0 aliphatic heterocycles. The Labute approximate surface area is 118 Å². The monoisotopic (exact) mass is 271 g/mol. The number of nitrogens with two attached hydrogens (primary N) is 1. The minimum Gasteiger partial charge on any atom is -0.397 e. The molecule has 1 aromatic carbocycles. The maximum Gasteiger partial charge on any atom is 0.123 e. The number of rotatable bonds is 4. The standard InChI is InChI=1S/C15H17N3S/c1-11(2)10-18-12(9-16)8-14(17)15(18)19-13-6-4-3-5-7-13/h3-8,11H,10,17H2,1-2H3. The molecule has 98 valence electrons. The Morgan fingerprint density at radius 3 is 2.58 bits per heavy atom. The van der Waals surface area contributed by atoms with Crippen molar-refractivity contribution < 1.29 is 0 Å². The van der Waals surface area contributed by atoms with Crippen molar-refractivity contribution in [3.63, 3.8) is 0 Å². The molecule has 2 rings (SSSR count). The SMILES string of the molecule is CC(C)Cn1c(C#N)cc(N)c1Sc1ccccc1. The Balaban J connectivity index is 2.39. The lowest BCUT2D eigenvalue weighted by atomic mass is 10.2. The van der Waals surface area contributed by atoms with Gasteiger partial charge >= 0.3 is 0 Å². The molecule has 0 radical (unpaired) electrons. The van der Waals surface area contributed by atoms with Gasteiger partial charge in [0.1, 0.15) is 16.8 Å². The predicted octanol–water partition coefficient (Wildman–Crippen LogP) is 3.75. The Hall–Kier alpha value is -1.86. The smallest absolute Gasteiger partial charge is 0.123 e. The van der Waals surface area contributed by atoms with Crippen LogP contribution in [0.25, 0.3) is 0 Å². The van der Waals surface area contributed by atoms with Crippen LogP contribution in [0.4, 0.5) is 5.69 Å². The average molecular weight is 271 g/mol. The number of nitrogens with zero attached hydrogens (tertiary/aromatic N) is 2. The molecule has 1 aromatic heterocycles. The molecule has 0 saturated heterocycles. The van der Waals surface area contributed by atoms with Crippen LogP contribution in [0.2, 0.25) is 0 Å². The zero-order chi connectivity index (χ0) is 13.8. The van der Waals surface area contributed by atoms with Crippen molar-refractivity contribution in [1.82, 2.24) is 4.57 Å². The summed E-state index contributed by atoms with van der Waals surface area (Å²) in [6, 6.07) is 14.1. The fourth-order valence-electron chi connectivity index (χ4n) is 1.91. The molecule has 0 atom stereocenters. The first kappa shape index (κ1) is 13.6. The third-order valence-electron chi connectivity index (χ3n) is 2.70. The van der Waals surface area contributed by atoms with E-state index in [1.54, 1.807) is 17.8 Å². The highest BCUT2D eigenvalue weighted by molar-refractivity contribution is 7.99. The molecule has 19 heavy (non-hydrogen) atoms. The summed E-state index contributed by atoms with van der Waals surface area (Å²) in [5.74, 6) is 0.467. The fraction of sp³-hybridized carbons (Fsp3) is 0.267. The first-order valence-corrected chi connectivity index (χ1v) is 7.05. The number of hydrogen-bond donors (Lipinski definition) is 1. The van der Waals surface area contributed by atoms with Crippen LogP contribution in [0.5, 0.6) is 0 Å². The van der Waals surface area contributed by atoms with Gasteiger partial charge in [0.05, 0.1) is 5.69 Å². The Morgan fingerprint density at radius 1 is 1.32 bits per heavy atom. The molecule has 0 fully saturated rings. The zero-order valence-electron chi connectivity index (χ0n) is 11.1. The lowest BCUT2D eigenvalue weighted by Crippen LogP contribution is -2.07. The van der Waals surface area contributed by atoms with Gasteiger partial charge in [0.15, 0.2) is 0 Å². The summed E-state index contributed by atoms with van der Waals surface area (Å²) >= 11 is 1.61. The van der Waals surface area contributed by atoms with E-state index in [1.165, 1.54) is 0 Å². The highest BCUT2D eigenvalue weighted by Gasteiger charge is 2.15. The normalized spacial score (nSPS) is 10.6. The minimum absolute atomic E-state index is 0.467. The third kappa shape index (κ3) is 3.12. The van der Waals surface area contributed by atoms with E-state index < -0.39 is 0 Å². The van der Waals surface area contributed by atoms with Crippen LogP contribution in [-0.4, -0.2) is 4.57 Å². The summed E-state index contributed by atoms with van der Waals surface area (Å²) in [7, 11) is 0. The van der Waals surface area contributed by atoms with E-state index in [4.69, 9.17) is 5.73 Å². The number of nitriles is 1. The summed E-state index contributed by atoms with van der Waals surface area (Å²) in [5, 5.41) is 10.2. The van der Waals surface area contributed by atoms with Gasteiger partial charge in [-0.25, -0.2) is 0 Å². The average Bonchev–Trinajstić information content (AvgIpc) is 2.67. The second kappa shape index (κ2) is 5.85. The zero-order valence-corrected chi connectivity index (χ0v) is 11.9. The number of aromatic nitrogens is 1. The molecule has 0 unspecified atom stereocenters. The molecule has 1 heterocycles. The Kier molecular flexibility index (Phi) is 4.18. The molecule has 0 spiro atoms. The molecule has 3 nitrogen and oxygen atoms in total. The molecule has 2 N–H and O–H groups in total. The van der Waals surface area contributed by atoms with Crippen molar-refractivity contribution in [2.75, 3.05) is 5.73 Å². The van der Waals surface area contributed by atoms with E-state index in [2.05, 4.69) is 19.9 Å². The van der Waals surface area contributed by atoms with Crippen molar-refractivity contribution >= 4 is 17.4 Å². The molecular weight excluding hydrogens is 254 g/mol. The summed E-state index contributed by atoms with van der Waals surface area (Å²) < 4.78 is 2.01. The third-order valence-corrected chi connectivity index (χ3v) is 3.85. The van der Waals surface area contributed by atoms with Crippen molar-refractivity contribution in [3.05, 3.63) is 42.1 Å². The maximum absolute atomic E-state index is 9.20. The summed E-state index contributed by atoms with van der Waals surface area (Å²) in [5.41, 5.74) is 7.35. The van der Waals surface area contributed by atoms with Crippen LogP contribution in [0, 0.1) is 17.2 Å². The van der Waals surface area contributed by atoms with Gasteiger partial charge in [0, 0.05) is 11.4 Å². The molecule has 0 aliphatic rings. The highest BCUT2D eigenvalue weighted by atomic mass is 32.2. The number of nitrogen functional groups attached to an aromatic ring is 1. The summed E-state index contributed by atoms with van der Waals surface area (Å²) in [6.45, 7) is 5.07. The fourth-order valence-corrected chi connectivity index (χ4v) is 2.88. The largest absolute Gasteiger partial charge is 0.397 e. The molecule has 0 bridgehead atoms. The van der Waals surface area contributed by atoms with Gasteiger partial charge in [-0.05, 0) is 24.1 Å². The second-order valence-electron chi connectivity index (χ2n) is 4.82. The number of benzene rings is 1. The van der Waals surface area contributed by atoms with Gasteiger partial charge in [0.2, 0.25) is 0 Å². The van der Waals surface area contributed by atoms with Gasteiger partial charge in [-0.1, -0.05) is 43.8 Å².